The Morgan fingerprint density at radius 2 is 0.406 bits per heavy atom. The summed E-state index contributed by atoms with van der Waals surface area (Å²) in [5.74, 6) is 0.561. The normalized spacial score (nSPS) is 13.4. The van der Waals surface area contributed by atoms with Crippen LogP contribution in [0.4, 0.5) is 0 Å². The molecule has 0 aliphatic heterocycles. The van der Waals surface area contributed by atoms with Gasteiger partial charge >= 0.3 is 0 Å². The lowest BCUT2D eigenvalue weighted by molar-refractivity contribution is -0.975. The van der Waals surface area contributed by atoms with Crippen LogP contribution in [0.25, 0.3) is 0 Å². The molecule has 0 rings (SSSR count). The first-order valence-electron chi connectivity index (χ1n) is 30.7. The van der Waals surface area contributed by atoms with Crippen molar-refractivity contribution in [3.63, 3.8) is 0 Å². The molecule has 0 aliphatic carbocycles. The maximum atomic E-state index is 5.60. The molecule has 1 atom stereocenters. The first kappa shape index (κ1) is 64.3. The molecule has 0 aromatic rings. The van der Waals surface area contributed by atoms with Crippen LogP contribution in [0.5, 0.6) is 0 Å². The molecule has 0 spiro atoms. The number of quaternary nitrogens is 1. The third kappa shape index (κ3) is 35.4. The van der Waals surface area contributed by atoms with Gasteiger partial charge in [-0.1, -0.05) is 304 Å². The van der Waals surface area contributed by atoms with Crippen molar-refractivity contribution in [2.45, 2.75) is 374 Å². The molecule has 0 saturated carbocycles. The third-order valence-electron chi connectivity index (χ3n) is 16.9. The number of nitrogens with zero attached hydrogens (tertiary/aromatic N) is 1. The van der Waals surface area contributed by atoms with Gasteiger partial charge in [0.1, 0.15) is 5.54 Å². The lowest BCUT2D eigenvalue weighted by Crippen LogP contribution is -2.71. The van der Waals surface area contributed by atoms with Crippen LogP contribution in [-0.2, 0) is 0 Å². The average molecular weight is 920 g/mol. The Morgan fingerprint density at radius 3 is 0.547 bits per heavy atom. The van der Waals surface area contributed by atoms with Gasteiger partial charge in [0.25, 0.3) is 0 Å². The van der Waals surface area contributed by atoms with Gasteiger partial charge in [0.2, 0.25) is 0 Å². The smallest absolute Gasteiger partial charge is 0.108 e. The molecule has 0 N–H and O–H groups in total. The summed E-state index contributed by atoms with van der Waals surface area (Å²) in [5, 5.41) is 0. The van der Waals surface area contributed by atoms with Crippen LogP contribution < -0.4 is 0 Å². The van der Waals surface area contributed by atoms with E-state index in [1.165, 1.54) is 332 Å². The van der Waals surface area contributed by atoms with Gasteiger partial charge < -0.3 is 4.48 Å². The Morgan fingerprint density at radius 1 is 0.266 bits per heavy atom. The van der Waals surface area contributed by atoms with E-state index in [1.807, 2.05) is 0 Å². The Labute approximate surface area is 414 Å². The minimum absolute atomic E-state index is 0.00611. The van der Waals surface area contributed by atoms with Crippen molar-refractivity contribution in [2.75, 3.05) is 19.6 Å². The molecule has 0 aromatic carbocycles. The molecule has 0 bridgehead atoms. The highest BCUT2D eigenvalue weighted by molar-refractivity contribution is 7.81. The van der Waals surface area contributed by atoms with E-state index in [4.69, 9.17) is 12.6 Å². The number of hydrogen-bond donors (Lipinski definition) is 1. The topological polar surface area (TPSA) is 0 Å². The molecule has 0 aliphatic rings. The highest BCUT2D eigenvalue weighted by atomic mass is 32.1. The summed E-state index contributed by atoms with van der Waals surface area (Å²) in [5.41, 5.74) is 0.144. The molecular weight excluding hydrogens is 791 g/mol. The standard InChI is InChI=1S/C62H127NS/c1-9-12-15-18-21-24-27-30-33-36-39-42-45-48-51-54-57-63(61(6,7)62(8,64)60(4)5,58-55-52-49-46-43-40-37-34-31-28-25-22-19-16-13-10-2)59-56-53-50-47-44-41-38-35-32-29-26-23-20-17-14-11-3/h60H,9-59H2,1-8H3/p+1. The lowest BCUT2D eigenvalue weighted by atomic mass is 9.75. The molecule has 0 heterocycles. The van der Waals surface area contributed by atoms with Gasteiger partial charge in [-0.25, -0.2) is 0 Å². The van der Waals surface area contributed by atoms with Gasteiger partial charge in [-0.05, 0) is 65.2 Å². The fraction of sp³-hybridized carbons (Fsp3) is 1.00. The van der Waals surface area contributed by atoms with E-state index >= 15 is 0 Å². The monoisotopic (exact) mass is 919 g/mol. The van der Waals surface area contributed by atoms with Gasteiger partial charge in [-0.2, -0.15) is 12.6 Å². The minimum atomic E-state index is 0.00611. The van der Waals surface area contributed by atoms with E-state index in [2.05, 4.69) is 55.4 Å². The van der Waals surface area contributed by atoms with Crippen molar-refractivity contribution in [1.29, 1.82) is 0 Å². The van der Waals surface area contributed by atoms with E-state index in [0.717, 1.165) is 0 Å². The highest BCUT2D eigenvalue weighted by Crippen LogP contribution is 2.45. The summed E-state index contributed by atoms with van der Waals surface area (Å²) in [6.45, 7) is 23.8. The quantitative estimate of drug-likeness (QED) is 0.0351. The van der Waals surface area contributed by atoms with Gasteiger partial charge in [-0.3, -0.25) is 0 Å². The molecule has 0 radical (unpaired) electrons. The summed E-state index contributed by atoms with van der Waals surface area (Å²) in [4.78, 5) is 0. The van der Waals surface area contributed by atoms with E-state index in [-0.39, 0.29) is 10.3 Å². The predicted octanol–water partition coefficient (Wildman–Crippen LogP) is 22.7. The second-order valence-electron chi connectivity index (χ2n) is 23.1. The molecule has 2 heteroatoms. The fourth-order valence-corrected chi connectivity index (χ4v) is 11.5. The van der Waals surface area contributed by atoms with Crippen molar-refractivity contribution >= 4 is 12.6 Å². The second kappa shape index (κ2) is 47.0. The fourth-order valence-electron chi connectivity index (χ4n) is 11.2. The van der Waals surface area contributed by atoms with Gasteiger partial charge in [0, 0.05) is 0 Å². The van der Waals surface area contributed by atoms with E-state index < -0.39 is 0 Å². The molecule has 0 aromatic heterocycles. The summed E-state index contributed by atoms with van der Waals surface area (Å²) < 4.78 is 1.31. The number of thiol groups is 1. The number of unbranched alkanes of at least 4 members (excludes halogenated alkanes) is 45. The van der Waals surface area contributed by atoms with Crippen LogP contribution in [0, 0.1) is 5.92 Å². The van der Waals surface area contributed by atoms with Crippen molar-refractivity contribution in [1.82, 2.24) is 0 Å². The zero-order valence-electron chi connectivity index (χ0n) is 46.5. The zero-order valence-corrected chi connectivity index (χ0v) is 47.4. The molecule has 64 heavy (non-hydrogen) atoms. The Kier molecular flexibility index (Phi) is 47.2. The Hall–Kier alpha value is 0.310. The molecule has 0 amide bonds. The maximum absolute atomic E-state index is 5.60. The predicted molar refractivity (Wildman–Crippen MR) is 300 cm³/mol. The Bertz CT molecular complexity index is 803. The van der Waals surface area contributed by atoms with Gasteiger partial charge in [0.15, 0.2) is 0 Å². The van der Waals surface area contributed by atoms with Crippen molar-refractivity contribution in [3.05, 3.63) is 0 Å². The first-order chi connectivity index (χ1) is 31.1. The molecule has 386 valence electrons. The second-order valence-corrected chi connectivity index (χ2v) is 24.0. The number of rotatable bonds is 54. The third-order valence-corrected chi connectivity index (χ3v) is 17.9. The first-order valence-corrected chi connectivity index (χ1v) is 31.2. The maximum Gasteiger partial charge on any atom is 0.108 e. The van der Waals surface area contributed by atoms with Crippen LogP contribution in [0.2, 0.25) is 0 Å². The average Bonchev–Trinajstić information content (AvgIpc) is 3.28. The zero-order chi connectivity index (χ0) is 47.1. The molecule has 0 fully saturated rings. The van der Waals surface area contributed by atoms with Crippen molar-refractivity contribution < 1.29 is 4.48 Å². The van der Waals surface area contributed by atoms with Gasteiger partial charge in [-0.15, -0.1) is 0 Å². The summed E-state index contributed by atoms with van der Waals surface area (Å²) in [7, 11) is 0. The minimum Gasteiger partial charge on any atom is -0.318 e. The van der Waals surface area contributed by atoms with E-state index in [9.17, 15) is 0 Å². The Balaban J connectivity index is 4.99. The van der Waals surface area contributed by atoms with Crippen molar-refractivity contribution in [2.24, 2.45) is 5.92 Å². The summed E-state index contributed by atoms with van der Waals surface area (Å²) in [6, 6.07) is 0. The number of hydrogen-bond acceptors (Lipinski definition) is 1. The molecular formula is C62H128NS+. The van der Waals surface area contributed by atoms with Crippen LogP contribution in [-0.4, -0.2) is 34.4 Å². The van der Waals surface area contributed by atoms with Crippen LogP contribution in [0.15, 0.2) is 0 Å². The van der Waals surface area contributed by atoms with E-state index in [1.54, 1.807) is 0 Å². The van der Waals surface area contributed by atoms with Gasteiger partial charge in [0.05, 0.1) is 24.4 Å². The van der Waals surface area contributed by atoms with Crippen LogP contribution in [0.1, 0.15) is 364 Å². The van der Waals surface area contributed by atoms with Crippen LogP contribution in [0.3, 0.4) is 0 Å². The highest BCUT2D eigenvalue weighted by Gasteiger charge is 2.54. The van der Waals surface area contributed by atoms with Crippen molar-refractivity contribution in [3.8, 4) is 0 Å². The SMILES string of the molecule is CCCCCCCCCCCCCCCCCC[N+](CCCCCCCCCCCCCCCCCC)(CCCCCCCCCCCCCCCCCC)C(C)(C)C(C)(S)C(C)C. The largest absolute Gasteiger partial charge is 0.318 e. The van der Waals surface area contributed by atoms with Crippen LogP contribution >= 0.6 is 12.6 Å². The summed E-state index contributed by atoms with van der Waals surface area (Å²) in [6.07, 6.45) is 69.7. The molecule has 1 nitrogen and oxygen atoms in total. The molecule has 1 unspecified atom stereocenters. The van der Waals surface area contributed by atoms with E-state index in [0.29, 0.717) is 5.92 Å². The lowest BCUT2D eigenvalue weighted by Gasteiger charge is -2.58. The molecule has 0 saturated heterocycles. The summed E-state index contributed by atoms with van der Waals surface area (Å²) >= 11 is 5.60.